The highest BCUT2D eigenvalue weighted by molar-refractivity contribution is 6.04. The number of carbonyl (C=O) groups excluding carboxylic acids is 2. The number of amides is 2. The first-order valence-corrected chi connectivity index (χ1v) is 10.7. The lowest BCUT2D eigenvalue weighted by Gasteiger charge is -2.15. The van der Waals surface area contributed by atoms with E-state index in [1.54, 1.807) is 48.5 Å². The summed E-state index contributed by atoms with van der Waals surface area (Å²) in [6.45, 7) is 2.23. The molecule has 3 aromatic rings. The second-order valence-corrected chi connectivity index (χ2v) is 7.64. The minimum absolute atomic E-state index is 0.0539. The van der Waals surface area contributed by atoms with E-state index in [0.717, 1.165) is 38.1 Å². The average molecular weight is 415 g/mol. The summed E-state index contributed by atoms with van der Waals surface area (Å²) >= 11 is 0. The van der Waals surface area contributed by atoms with Crippen LogP contribution >= 0.6 is 0 Å². The molecule has 0 aromatic heterocycles. The van der Waals surface area contributed by atoms with Crippen molar-refractivity contribution in [2.24, 2.45) is 0 Å². The minimum atomic E-state index is -0.200. The number of rotatable bonds is 7. The first-order chi connectivity index (χ1) is 15.2. The van der Waals surface area contributed by atoms with Crippen molar-refractivity contribution in [3.05, 3.63) is 95.6 Å². The van der Waals surface area contributed by atoms with E-state index in [0.29, 0.717) is 23.4 Å². The van der Waals surface area contributed by atoms with Crippen molar-refractivity contribution in [3.63, 3.8) is 0 Å². The third-order valence-electron chi connectivity index (χ3n) is 5.40. The maximum Gasteiger partial charge on any atom is 0.255 e. The highest BCUT2D eigenvalue weighted by atomic mass is 16.5. The summed E-state index contributed by atoms with van der Waals surface area (Å²) in [5.41, 5.74) is 3.09. The molecule has 1 fully saturated rings. The van der Waals surface area contributed by atoms with Crippen LogP contribution in [0.15, 0.2) is 78.9 Å². The zero-order valence-electron chi connectivity index (χ0n) is 17.4. The Morgan fingerprint density at radius 1 is 0.806 bits per heavy atom. The van der Waals surface area contributed by atoms with E-state index in [-0.39, 0.29) is 11.8 Å². The van der Waals surface area contributed by atoms with Crippen molar-refractivity contribution in [3.8, 4) is 5.75 Å². The predicted molar refractivity (Wildman–Crippen MR) is 122 cm³/mol. The number of likely N-dealkylation sites (tertiary alicyclic amines) is 1. The van der Waals surface area contributed by atoms with Crippen molar-refractivity contribution < 1.29 is 14.3 Å². The molecule has 31 heavy (non-hydrogen) atoms. The van der Waals surface area contributed by atoms with Crippen LogP contribution in [0.25, 0.3) is 0 Å². The molecule has 0 aliphatic carbocycles. The lowest BCUT2D eigenvalue weighted by Crippen LogP contribution is -2.27. The molecular weight excluding hydrogens is 388 g/mol. The Balaban J connectivity index is 1.28. The predicted octanol–water partition coefficient (Wildman–Crippen LogP) is 4.80. The fourth-order valence-corrected chi connectivity index (χ4v) is 3.64. The van der Waals surface area contributed by atoms with Gasteiger partial charge in [0, 0.05) is 36.3 Å². The second kappa shape index (κ2) is 9.94. The molecule has 5 heteroatoms. The normalized spacial score (nSPS) is 13.1. The molecule has 0 radical (unpaired) electrons. The van der Waals surface area contributed by atoms with Gasteiger partial charge in [0.05, 0.1) is 6.61 Å². The summed E-state index contributed by atoms with van der Waals surface area (Å²) in [6, 6.07) is 24.3. The van der Waals surface area contributed by atoms with E-state index in [1.165, 1.54) is 5.56 Å². The van der Waals surface area contributed by atoms with Gasteiger partial charge in [0.15, 0.2) is 0 Å². The molecule has 1 heterocycles. The largest absolute Gasteiger partial charge is 0.493 e. The van der Waals surface area contributed by atoms with Gasteiger partial charge in [-0.15, -0.1) is 0 Å². The third-order valence-corrected chi connectivity index (χ3v) is 5.40. The first kappa shape index (κ1) is 20.7. The van der Waals surface area contributed by atoms with E-state index in [4.69, 9.17) is 4.74 Å². The molecule has 1 N–H and O–H groups in total. The zero-order chi connectivity index (χ0) is 21.5. The molecule has 2 amide bonds. The molecule has 0 atom stereocenters. The first-order valence-electron chi connectivity index (χ1n) is 10.7. The summed E-state index contributed by atoms with van der Waals surface area (Å²) in [5.74, 6) is 0.588. The molecule has 3 aromatic carbocycles. The van der Waals surface area contributed by atoms with Gasteiger partial charge in [-0.2, -0.15) is 0 Å². The highest BCUT2D eigenvalue weighted by Crippen LogP contribution is 2.17. The Morgan fingerprint density at radius 3 is 2.13 bits per heavy atom. The molecule has 0 spiro atoms. The van der Waals surface area contributed by atoms with E-state index in [2.05, 4.69) is 17.4 Å². The van der Waals surface area contributed by atoms with Crippen LogP contribution in [0.4, 0.5) is 5.69 Å². The van der Waals surface area contributed by atoms with Gasteiger partial charge in [0.25, 0.3) is 11.8 Å². The van der Waals surface area contributed by atoms with Gasteiger partial charge in [0.2, 0.25) is 0 Å². The van der Waals surface area contributed by atoms with Crippen LogP contribution in [0, 0.1) is 0 Å². The average Bonchev–Trinajstić information content (AvgIpc) is 3.35. The number of hydrogen-bond donors (Lipinski definition) is 1. The van der Waals surface area contributed by atoms with Crippen molar-refractivity contribution in [2.75, 3.05) is 25.0 Å². The van der Waals surface area contributed by atoms with Gasteiger partial charge in [-0.3, -0.25) is 9.59 Å². The maximum absolute atomic E-state index is 12.5. The Bertz CT molecular complexity index is 1010. The lowest BCUT2D eigenvalue weighted by atomic mass is 10.1. The van der Waals surface area contributed by atoms with Crippen LogP contribution in [-0.4, -0.2) is 36.4 Å². The molecule has 0 bridgehead atoms. The minimum Gasteiger partial charge on any atom is -0.493 e. The standard InChI is InChI=1S/C26H26N2O3/c29-25(27-23-12-8-22(9-13-23)26(30)28-17-4-5-18-28)21-10-14-24(15-11-21)31-19-16-20-6-2-1-3-7-20/h1-3,6-15H,4-5,16-19H2,(H,27,29). The Labute approximate surface area is 182 Å². The van der Waals surface area contributed by atoms with Crippen molar-refractivity contribution in [1.82, 2.24) is 4.90 Å². The van der Waals surface area contributed by atoms with Gasteiger partial charge < -0.3 is 15.0 Å². The fourth-order valence-electron chi connectivity index (χ4n) is 3.64. The number of anilines is 1. The number of benzene rings is 3. The quantitative estimate of drug-likeness (QED) is 0.604. The zero-order valence-corrected chi connectivity index (χ0v) is 17.4. The van der Waals surface area contributed by atoms with Crippen molar-refractivity contribution in [2.45, 2.75) is 19.3 Å². The lowest BCUT2D eigenvalue weighted by molar-refractivity contribution is 0.0792. The number of nitrogens with one attached hydrogen (secondary N) is 1. The van der Waals surface area contributed by atoms with Crippen LogP contribution < -0.4 is 10.1 Å². The maximum atomic E-state index is 12.5. The number of ether oxygens (including phenoxy) is 1. The van der Waals surface area contributed by atoms with Gasteiger partial charge >= 0.3 is 0 Å². The second-order valence-electron chi connectivity index (χ2n) is 7.64. The van der Waals surface area contributed by atoms with Crippen LogP contribution in [-0.2, 0) is 6.42 Å². The molecular formula is C26H26N2O3. The van der Waals surface area contributed by atoms with Crippen LogP contribution in [0.5, 0.6) is 5.75 Å². The third kappa shape index (κ3) is 5.51. The molecule has 0 unspecified atom stereocenters. The molecule has 1 saturated heterocycles. The molecule has 0 saturated carbocycles. The smallest absolute Gasteiger partial charge is 0.255 e. The van der Waals surface area contributed by atoms with Gasteiger partial charge in [-0.05, 0) is 66.9 Å². The number of nitrogens with zero attached hydrogens (tertiary/aromatic N) is 1. The Kier molecular flexibility index (Phi) is 6.62. The SMILES string of the molecule is O=C(Nc1ccc(C(=O)N2CCCC2)cc1)c1ccc(OCCc2ccccc2)cc1. The monoisotopic (exact) mass is 414 g/mol. The molecule has 1 aliphatic heterocycles. The molecule has 1 aliphatic rings. The number of hydrogen-bond acceptors (Lipinski definition) is 3. The number of carbonyl (C=O) groups is 2. The Morgan fingerprint density at radius 2 is 1.45 bits per heavy atom. The summed E-state index contributed by atoms with van der Waals surface area (Å²) in [6.07, 6.45) is 2.97. The van der Waals surface area contributed by atoms with E-state index >= 15 is 0 Å². The van der Waals surface area contributed by atoms with Crippen molar-refractivity contribution >= 4 is 17.5 Å². The van der Waals surface area contributed by atoms with Gasteiger partial charge in [-0.25, -0.2) is 0 Å². The molecule has 4 rings (SSSR count). The summed E-state index contributed by atoms with van der Waals surface area (Å²) in [7, 11) is 0. The van der Waals surface area contributed by atoms with Gasteiger partial charge in [-0.1, -0.05) is 30.3 Å². The summed E-state index contributed by atoms with van der Waals surface area (Å²) in [4.78, 5) is 26.8. The fraction of sp³-hybridized carbons (Fsp3) is 0.231. The van der Waals surface area contributed by atoms with Crippen LogP contribution in [0.2, 0.25) is 0 Å². The molecule has 5 nitrogen and oxygen atoms in total. The highest BCUT2D eigenvalue weighted by Gasteiger charge is 2.19. The summed E-state index contributed by atoms with van der Waals surface area (Å²) < 4.78 is 5.77. The van der Waals surface area contributed by atoms with Crippen molar-refractivity contribution in [1.29, 1.82) is 0 Å². The topological polar surface area (TPSA) is 58.6 Å². The van der Waals surface area contributed by atoms with Crippen LogP contribution in [0.1, 0.15) is 39.1 Å². The van der Waals surface area contributed by atoms with Gasteiger partial charge in [0.1, 0.15) is 5.75 Å². The molecule has 158 valence electrons. The Hall–Kier alpha value is -3.60. The van der Waals surface area contributed by atoms with E-state index in [9.17, 15) is 9.59 Å². The van der Waals surface area contributed by atoms with E-state index < -0.39 is 0 Å². The van der Waals surface area contributed by atoms with E-state index in [1.807, 2.05) is 23.1 Å². The van der Waals surface area contributed by atoms with Crippen LogP contribution in [0.3, 0.4) is 0 Å². The summed E-state index contributed by atoms with van der Waals surface area (Å²) in [5, 5.41) is 2.87.